The third kappa shape index (κ3) is 4.04. The molecule has 2 saturated heterocycles. The lowest BCUT2D eigenvalue weighted by Crippen LogP contribution is -2.49. The molecule has 0 saturated carbocycles. The van der Waals surface area contributed by atoms with Crippen LogP contribution in [0, 0.1) is 5.92 Å². The highest BCUT2D eigenvalue weighted by Crippen LogP contribution is 2.39. The average Bonchev–Trinajstić information content (AvgIpc) is 2.92. The van der Waals surface area contributed by atoms with E-state index in [1.807, 2.05) is 12.1 Å². The molecular formula is C25H30N2O2. The minimum atomic E-state index is 0.106. The predicted molar refractivity (Wildman–Crippen MR) is 114 cm³/mol. The molecule has 0 radical (unpaired) electrons. The first kappa shape index (κ1) is 18.7. The van der Waals surface area contributed by atoms with Crippen molar-refractivity contribution in [2.24, 2.45) is 5.92 Å². The topological polar surface area (TPSA) is 41.6 Å². The number of fused-ring (bicyclic) bond motifs is 3. The number of piperidine rings is 1. The number of nitrogens with zero attached hydrogens (tertiary/aromatic N) is 1. The van der Waals surface area contributed by atoms with Crippen molar-refractivity contribution >= 4 is 5.91 Å². The molecule has 3 aliphatic heterocycles. The number of aryl methyl sites for hydroxylation is 1. The fraction of sp³-hybridized carbons (Fsp3) is 0.480. The van der Waals surface area contributed by atoms with Crippen LogP contribution >= 0.6 is 0 Å². The number of amides is 1. The van der Waals surface area contributed by atoms with Crippen molar-refractivity contribution in [2.45, 2.75) is 63.2 Å². The first-order chi connectivity index (χ1) is 14.3. The first-order valence-electron chi connectivity index (χ1n) is 11.1. The fourth-order valence-corrected chi connectivity index (χ4v) is 5.43. The van der Waals surface area contributed by atoms with Crippen LogP contribution in [0.3, 0.4) is 0 Å². The Balaban J connectivity index is 1.17. The second-order valence-corrected chi connectivity index (χ2v) is 8.87. The standard InChI is InChI=1S/C25H30N2O2/c28-25(26-21-11-10-19-8-4-5-9-24(19)29-17-21)20-14-22-12-13-23(15-20)27(22)16-18-6-2-1-3-7-18/h1-9,20-23H,10-17H2,(H,26,28). The molecule has 29 heavy (non-hydrogen) atoms. The molecule has 2 aromatic carbocycles. The lowest BCUT2D eigenvalue weighted by atomic mass is 9.89. The van der Waals surface area contributed by atoms with Crippen LogP contribution in [-0.2, 0) is 17.8 Å². The summed E-state index contributed by atoms with van der Waals surface area (Å²) in [4.78, 5) is 15.7. The Labute approximate surface area is 173 Å². The molecule has 3 atom stereocenters. The van der Waals surface area contributed by atoms with Crippen LogP contribution in [0.25, 0.3) is 0 Å². The van der Waals surface area contributed by atoms with Gasteiger partial charge in [-0.15, -0.1) is 0 Å². The molecule has 4 heteroatoms. The van der Waals surface area contributed by atoms with Gasteiger partial charge < -0.3 is 10.1 Å². The van der Waals surface area contributed by atoms with Gasteiger partial charge in [-0.1, -0.05) is 48.5 Å². The van der Waals surface area contributed by atoms with E-state index in [1.54, 1.807) is 0 Å². The number of hydrogen-bond donors (Lipinski definition) is 1. The van der Waals surface area contributed by atoms with Crippen molar-refractivity contribution in [3.05, 3.63) is 65.7 Å². The minimum Gasteiger partial charge on any atom is -0.491 e. The first-order valence-corrected chi connectivity index (χ1v) is 11.1. The zero-order valence-electron chi connectivity index (χ0n) is 16.9. The fourth-order valence-electron chi connectivity index (χ4n) is 5.43. The molecule has 4 nitrogen and oxygen atoms in total. The molecule has 1 amide bonds. The van der Waals surface area contributed by atoms with Gasteiger partial charge in [0.05, 0.1) is 6.04 Å². The van der Waals surface area contributed by atoms with Gasteiger partial charge in [-0.05, 0) is 55.7 Å². The second kappa shape index (κ2) is 8.19. The lowest BCUT2D eigenvalue weighted by Gasteiger charge is -2.38. The number of para-hydroxylation sites is 1. The van der Waals surface area contributed by atoms with Gasteiger partial charge in [-0.3, -0.25) is 9.69 Å². The van der Waals surface area contributed by atoms with Gasteiger partial charge in [0.1, 0.15) is 12.4 Å². The summed E-state index contributed by atoms with van der Waals surface area (Å²) in [6.45, 7) is 1.59. The van der Waals surface area contributed by atoms with Gasteiger partial charge in [0.25, 0.3) is 0 Å². The Hall–Kier alpha value is -2.33. The Kier molecular flexibility index (Phi) is 5.28. The highest BCUT2D eigenvalue weighted by atomic mass is 16.5. The summed E-state index contributed by atoms with van der Waals surface area (Å²) in [5, 5.41) is 3.31. The summed E-state index contributed by atoms with van der Waals surface area (Å²) in [6.07, 6.45) is 6.34. The Bertz CT molecular complexity index is 812. The van der Waals surface area contributed by atoms with E-state index in [-0.39, 0.29) is 17.9 Å². The van der Waals surface area contributed by atoms with Crippen LogP contribution in [0.5, 0.6) is 5.75 Å². The van der Waals surface area contributed by atoms with Gasteiger partial charge in [-0.2, -0.15) is 0 Å². The largest absolute Gasteiger partial charge is 0.491 e. The Morgan fingerprint density at radius 1 is 0.966 bits per heavy atom. The van der Waals surface area contributed by atoms with Crippen molar-refractivity contribution in [2.75, 3.05) is 6.61 Å². The Morgan fingerprint density at radius 2 is 1.69 bits per heavy atom. The number of carbonyl (C=O) groups excluding carboxylic acids is 1. The summed E-state index contributed by atoms with van der Waals surface area (Å²) in [6, 6.07) is 20.1. The molecule has 2 aromatic rings. The van der Waals surface area contributed by atoms with Crippen molar-refractivity contribution in [1.82, 2.24) is 10.2 Å². The van der Waals surface area contributed by atoms with Gasteiger partial charge in [0.15, 0.2) is 0 Å². The molecule has 2 bridgehead atoms. The average molecular weight is 391 g/mol. The minimum absolute atomic E-state index is 0.106. The van der Waals surface area contributed by atoms with E-state index < -0.39 is 0 Å². The van der Waals surface area contributed by atoms with Crippen LogP contribution in [0.15, 0.2) is 54.6 Å². The smallest absolute Gasteiger partial charge is 0.223 e. The third-order valence-electron chi connectivity index (χ3n) is 6.98. The zero-order valence-corrected chi connectivity index (χ0v) is 16.9. The molecule has 5 rings (SSSR count). The van der Waals surface area contributed by atoms with Crippen molar-refractivity contribution in [3.8, 4) is 5.75 Å². The van der Waals surface area contributed by atoms with Crippen molar-refractivity contribution < 1.29 is 9.53 Å². The molecule has 3 aliphatic rings. The van der Waals surface area contributed by atoms with E-state index in [0.717, 1.165) is 38.0 Å². The van der Waals surface area contributed by atoms with Crippen LogP contribution in [0.1, 0.15) is 43.2 Å². The van der Waals surface area contributed by atoms with Gasteiger partial charge in [-0.25, -0.2) is 0 Å². The van der Waals surface area contributed by atoms with Gasteiger partial charge >= 0.3 is 0 Å². The summed E-state index contributed by atoms with van der Waals surface area (Å²) in [5.74, 6) is 1.35. The normalized spacial score (nSPS) is 28.8. The maximum absolute atomic E-state index is 13.1. The number of benzene rings is 2. The van der Waals surface area contributed by atoms with Gasteiger partial charge in [0.2, 0.25) is 5.91 Å². The quantitative estimate of drug-likeness (QED) is 0.860. The number of hydrogen-bond acceptors (Lipinski definition) is 3. The maximum Gasteiger partial charge on any atom is 0.223 e. The molecule has 0 aromatic heterocycles. The zero-order chi connectivity index (χ0) is 19.6. The molecule has 0 spiro atoms. The van der Waals surface area contributed by atoms with Crippen LogP contribution in [-0.4, -0.2) is 35.5 Å². The van der Waals surface area contributed by atoms with Crippen LogP contribution in [0.4, 0.5) is 0 Å². The highest BCUT2D eigenvalue weighted by Gasteiger charge is 2.43. The van der Waals surface area contributed by atoms with Gasteiger partial charge in [0, 0.05) is 24.5 Å². The van der Waals surface area contributed by atoms with E-state index in [4.69, 9.17) is 4.74 Å². The third-order valence-corrected chi connectivity index (χ3v) is 6.98. The lowest BCUT2D eigenvalue weighted by molar-refractivity contribution is -0.128. The summed E-state index contributed by atoms with van der Waals surface area (Å²) in [7, 11) is 0. The molecule has 1 N–H and O–H groups in total. The second-order valence-electron chi connectivity index (χ2n) is 8.87. The molecule has 0 aliphatic carbocycles. The van der Waals surface area contributed by atoms with Crippen LogP contribution in [0.2, 0.25) is 0 Å². The molecular weight excluding hydrogens is 360 g/mol. The van der Waals surface area contributed by atoms with E-state index in [1.165, 1.54) is 24.0 Å². The van der Waals surface area contributed by atoms with Crippen molar-refractivity contribution in [3.63, 3.8) is 0 Å². The van der Waals surface area contributed by atoms with E-state index in [2.05, 4.69) is 52.7 Å². The van der Waals surface area contributed by atoms with E-state index >= 15 is 0 Å². The van der Waals surface area contributed by atoms with Crippen molar-refractivity contribution in [1.29, 1.82) is 0 Å². The molecule has 2 fully saturated rings. The number of rotatable bonds is 4. The number of ether oxygens (including phenoxy) is 1. The summed E-state index contributed by atoms with van der Waals surface area (Å²) in [5.41, 5.74) is 2.62. The van der Waals surface area contributed by atoms with E-state index in [9.17, 15) is 4.79 Å². The SMILES string of the molecule is O=C(NC1CCc2ccccc2OC1)C1CC2CCC(C1)N2Cc1ccccc1. The maximum atomic E-state index is 13.1. The highest BCUT2D eigenvalue weighted by molar-refractivity contribution is 5.79. The predicted octanol–water partition coefficient (Wildman–Crippen LogP) is 3.94. The Morgan fingerprint density at radius 3 is 2.48 bits per heavy atom. The molecule has 3 heterocycles. The summed E-state index contributed by atoms with van der Waals surface area (Å²) >= 11 is 0. The summed E-state index contributed by atoms with van der Waals surface area (Å²) < 4.78 is 5.96. The monoisotopic (exact) mass is 390 g/mol. The number of nitrogens with one attached hydrogen (secondary N) is 1. The molecule has 152 valence electrons. The number of carbonyl (C=O) groups is 1. The molecule has 3 unspecified atom stereocenters. The van der Waals surface area contributed by atoms with Crippen LogP contribution < -0.4 is 10.1 Å². The van der Waals surface area contributed by atoms with E-state index in [0.29, 0.717) is 18.7 Å².